The maximum Gasteiger partial charge on any atom is 0.303 e. The molecule has 0 radical (unpaired) electrons. The van der Waals surface area contributed by atoms with E-state index in [2.05, 4.69) is 55.4 Å². The van der Waals surface area contributed by atoms with Gasteiger partial charge in [-0.2, -0.15) is 0 Å². The molecule has 6 heteroatoms. The molecule has 2 saturated carbocycles. The smallest absolute Gasteiger partial charge is 0.303 e. The molecule has 2 fully saturated rings. The standard InChI is InChI=1S/C28H50O5S/c1-9-21-25(19(17(3)4)11-13-27(21,7)15-23(29)30)34(33)26-20(18(5)6)12-14-28(8,16-24(31)32)22(26)10-2/h17-22,25-26H,9-16H2,1-8H3,(H,29,30)(H,31,32). The van der Waals surface area contributed by atoms with Crippen molar-refractivity contribution in [2.24, 2.45) is 46.3 Å². The fourth-order valence-electron chi connectivity index (χ4n) is 7.94. The summed E-state index contributed by atoms with van der Waals surface area (Å²) in [5.41, 5.74) is -0.721. The first-order valence-electron chi connectivity index (χ1n) is 13.5. The zero-order valence-corrected chi connectivity index (χ0v) is 23.6. The Bertz CT molecular complexity index is 689. The first-order valence-corrected chi connectivity index (χ1v) is 14.8. The van der Waals surface area contributed by atoms with Gasteiger partial charge in [-0.1, -0.05) is 68.2 Å². The van der Waals surface area contributed by atoms with Crippen LogP contribution in [0.3, 0.4) is 0 Å². The Labute approximate surface area is 210 Å². The van der Waals surface area contributed by atoms with Crippen LogP contribution < -0.4 is 0 Å². The minimum absolute atomic E-state index is 0.0458. The van der Waals surface area contributed by atoms with E-state index in [-0.39, 0.29) is 46.0 Å². The van der Waals surface area contributed by atoms with Crippen LogP contribution in [0.25, 0.3) is 0 Å². The number of carboxylic acids is 2. The molecular formula is C28H50O5S. The average molecular weight is 499 g/mol. The third-order valence-electron chi connectivity index (χ3n) is 9.76. The molecule has 8 atom stereocenters. The summed E-state index contributed by atoms with van der Waals surface area (Å²) in [6.45, 7) is 17.3. The molecule has 0 saturated heterocycles. The predicted octanol–water partition coefficient (Wildman–Crippen LogP) is 6.62. The van der Waals surface area contributed by atoms with Gasteiger partial charge < -0.3 is 10.2 Å². The summed E-state index contributed by atoms with van der Waals surface area (Å²) in [7, 11) is -1.16. The highest BCUT2D eigenvalue weighted by atomic mass is 32.2. The van der Waals surface area contributed by atoms with E-state index in [1.807, 2.05) is 0 Å². The van der Waals surface area contributed by atoms with Gasteiger partial charge in [-0.05, 0) is 72.0 Å². The number of aliphatic carboxylic acids is 2. The molecule has 2 N–H and O–H groups in total. The molecule has 2 aliphatic carbocycles. The second-order valence-electron chi connectivity index (χ2n) is 12.6. The second-order valence-corrected chi connectivity index (χ2v) is 14.4. The van der Waals surface area contributed by atoms with Crippen molar-refractivity contribution in [3.05, 3.63) is 0 Å². The second kappa shape index (κ2) is 11.4. The molecule has 5 nitrogen and oxygen atoms in total. The average Bonchev–Trinajstić information content (AvgIpc) is 2.70. The van der Waals surface area contributed by atoms with Gasteiger partial charge in [-0.3, -0.25) is 13.8 Å². The lowest BCUT2D eigenvalue weighted by molar-refractivity contribution is -0.142. The van der Waals surface area contributed by atoms with E-state index in [9.17, 15) is 24.0 Å². The number of hydrogen-bond acceptors (Lipinski definition) is 3. The zero-order valence-electron chi connectivity index (χ0n) is 22.8. The zero-order chi connectivity index (χ0) is 26.0. The highest BCUT2D eigenvalue weighted by Gasteiger charge is 2.55. The molecule has 0 spiro atoms. The van der Waals surface area contributed by atoms with Crippen molar-refractivity contribution >= 4 is 22.7 Å². The van der Waals surface area contributed by atoms with Gasteiger partial charge in [-0.15, -0.1) is 0 Å². The summed E-state index contributed by atoms with van der Waals surface area (Å²) in [5.74, 6) is -0.0189. The van der Waals surface area contributed by atoms with Gasteiger partial charge in [0, 0.05) is 21.3 Å². The van der Waals surface area contributed by atoms with Gasteiger partial charge in [0.05, 0.1) is 12.8 Å². The Kier molecular flexibility index (Phi) is 9.86. The minimum Gasteiger partial charge on any atom is -0.481 e. The Morgan fingerprint density at radius 1 is 0.794 bits per heavy atom. The lowest BCUT2D eigenvalue weighted by atomic mass is 9.59. The fraction of sp³-hybridized carbons (Fsp3) is 0.929. The largest absolute Gasteiger partial charge is 0.481 e. The van der Waals surface area contributed by atoms with E-state index in [0.717, 1.165) is 38.5 Å². The first kappa shape index (κ1) is 29.3. The van der Waals surface area contributed by atoms with Gasteiger partial charge >= 0.3 is 11.9 Å². The number of carbonyl (C=O) groups is 2. The van der Waals surface area contributed by atoms with Crippen molar-refractivity contribution in [3.8, 4) is 0 Å². The molecule has 198 valence electrons. The molecule has 0 heterocycles. The van der Waals surface area contributed by atoms with E-state index in [4.69, 9.17) is 0 Å². The van der Waals surface area contributed by atoms with E-state index < -0.39 is 22.7 Å². The van der Waals surface area contributed by atoms with Gasteiger partial charge in [-0.25, -0.2) is 0 Å². The molecule has 34 heavy (non-hydrogen) atoms. The highest BCUT2D eigenvalue weighted by molar-refractivity contribution is 7.86. The molecule has 8 unspecified atom stereocenters. The van der Waals surface area contributed by atoms with E-state index in [1.54, 1.807) is 0 Å². The third kappa shape index (κ3) is 5.90. The van der Waals surface area contributed by atoms with Crippen molar-refractivity contribution in [2.45, 2.75) is 117 Å². The predicted molar refractivity (Wildman–Crippen MR) is 139 cm³/mol. The normalized spacial score (nSPS) is 39.8. The molecule has 2 aliphatic rings. The Balaban J connectivity index is 2.60. The van der Waals surface area contributed by atoms with Gasteiger partial charge in [0.25, 0.3) is 0 Å². The third-order valence-corrected chi connectivity index (χ3v) is 12.2. The summed E-state index contributed by atoms with van der Waals surface area (Å²) >= 11 is 0. The molecule has 0 bridgehead atoms. The van der Waals surface area contributed by atoms with Crippen molar-refractivity contribution in [2.75, 3.05) is 0 Å². The number of rotatable bonds is 10. The van der Waals surface area contributed by atoms with Crippen LogP contribution in [-0.2, 0) is 20.4 Å². The summed E-state index contributed by atoms with van der Waals surface area (Å²) in [5, 5.41) is 19.3. The Morgan fingerprint density at radius 3 is 1.35 bits per heavy atom. The van der Waals surface area contributed by atoms with Crippen molar-refractivity contribution < 1.29 is 24.0 Å². The van der Waals surface area contributed by atoms with Crippen molar-refractivity contribution in [1.82, 2.24) is 0 Å². The van der Waals surface area contributed by atoms with Crippen LogP contribution in [0.1, 0.15) is 107 Å². The molecular weight excluding hydrogens is 448 g/mol. The van der Waals surface area contributed by atoms with Crippen LogP contribution in [0.2, 0.25) is 0 Å². The van der Waals surface area contributed by atoms with Crippen molar-refractivity contribution in [3.63, 3.8) is 0 Å². The molecule has 0 aromatic carbocycles. The van der Waals surface area contributed by atoms with Gasteiger partial charge in [0.2, 0.25) is 0 Å². The van der Waals surface area contributed by atoms with Gasteiger partial charge in [0.15, 0.2) is 0 Å². The highest BCUT2D eigenvalue weighted by Crippen LogP contribution is 2.56. The number of carboxylic acid groups (broad SMARTS) is 2. The maximum absolute atomic E-state index is 14.9. The molecule has 2 rings (SSSR count). The minimum atomic E-state index is -1.16. The van der Waals surface area contributed by atoms with Crippen LogP contribution in [0, 0.1) is 46.3 Å². The summed E-state index contributed by atoms with van der Waals surface area (Å²) < 4.78 is 14.9. The van der Waals surface area contributed by atoms with Crippen LogP contribution in [-0.4, -0.2) is 36.9 Å². The van der Waals surface area contributed by atoms with E-state index in [0.29, 0.717) is 23.7 Å². The SMILES string of the molecule is CCC1C(S(=O)C2C(C(C)C)CCC(C)(CC(=O)O)C2CC)C(C(C)C)CCC1(C)CC(=O)O. The topological polar surface area (TPSA) is 91.7 Å². The summed E-state index contributed by atoms with van der Waals surface area (Å²) in [4.78, 5) is 23.6. The van der Waals surface area contributed by atoms with E-state index in [1.165, 1.54) is 0 Å². The monoisotopic (exact) mass is 498 g/mol. The van der Waals surface area contributed by atoms with E-state index >= 15 is 0 Å². The van der Waals surface area contributed by atoms with Gasteiger partial charge in [0.1, 0.15) is 0 Å². The lowest BCUT2D eigenvalue weighted by Gasteiger charge is -2.55. The molecule has 0 aromatic rings. The quantitative estimate of drug-likeness (QED) is 0.353. The summed E-state index contributed by atoms with van der Waals surface area (Å²) in [6.07, 6.45) is 5.44. The number of hydrogen-bond donors (Lipinski definition) is 2. The van der Waals surface area contributed by atoms with Crippen molar-refractivity contribution in [1.29, 1.82) is 0 Å². The fourth-order valence-corrected chi connectivity index (χ4v) is 11.6. The molecule has 0 aliphatic heterocycles. The van der Waals surface area contributed by atoms with Crippen LogP contribution in [0.4, 0.5) is 0 Å². The molecule has 0 aromatic heterocycles. The van der Waals surface area contributed by atoms with Crippen LogP contribution >= 0.6 is 0 Å². The van der Waals surface area contributed by atoms with Crippen LogP contribution in [0.15, 0.2) is 0 Å². The Morgan fingerprint density at radius 2 is 1.12 bits per heavy atom. The maximum atomic E-state index is 14.9. The lowest BCUT2D eigenvalue weighted by Crippen LogP contribution is -2.56. The first-order chi connectivity index (χ1) is 15.7. The Hall–Kier alpha value is -0.910. The van der Waals surface area contributed by atoms with Crippen LogP contribution in [0.5, 0.6) is 0 Å². The summed E-state index contributed by atoms with van der Waals surface area (Å²) in [6, 6.07) is 0. The molecule has 0 amide bonds.